The summed E-state index contributed by atoms with van der Waals surface area (Å²) in [5, 5.41) is 6.06. The van der Waals surface area contributed by atoms with Gasteiger partial charge in [-0.25, -0.2) is 0 Å². The number of rotatable bonds is 0. The van der Waals surface area contributed by atoms with E-state index in [2.05, 4.69) is 58.1 Å². The minimum Gasteiger partial charge on any atom is -0.287 e. The van der Waals surface area contributed by atoms with Gasteiger partial charge in [-0.2, -0.15) is 24.3 Å². The fraction of sp³-hybridized carbons (Fsp3) is 0. The number of hydrogen-bond acceptors (Lipinski definition) is 2. The normalized spacial score (nSPS) is 8.93. The Morgan fingerprint density at radius 1 is 0.326 bits per heavy atom. The van der Waals surface area contributed by atoms with Crippen molar-refractivity contribution >= 4 is 22.7 Å². The van der Waals surface area contributed by atoms with Gasteiger partial charge in [-0.3, -0.25) is 22.7 Å². The standard InChI is InChI=1S/2C20H11S.Pt/c2*1-2-5-17(6-3-1)8-9-18-10-12-19(13-11-18)14-15-20-7-4-16-21-20;/h2*1-7,10-13H;/q2*-1;+2. The molecule has 0 saturated heterocycles. The third-order valence-corrected chi connectivity index (χ3v) is 7.05. The average molecular weight is 762 g/mol. The summed E-state index contributed by atoms with van der Waals surface area (Å²) in [7, 11) is 0. The van der Waals surface area contributed by atoms with Crippen LogP contribution in [0.3, 0.4) is 0 Å². The van der Waals surface area contributed by atoms with Crippen molar-refractivity contribution in [1.82, 2.24) is 0 Å². The van der Waals surface area contributed by atoms with E-state index in [1.54, 1.807) is 0 Å². The Hall–Kier alpha value is -4.79. The zero-order chi connectivity index (χ0) is 28.7. The van der Waals surface area contributed by atoms with Crippen molar-refractivity contribution in [2.24, 2.45) is 0 Å². The molecular formula is C40H22PtS2. The molecule has 0 aliphatic heterocycles. The molecule has 0 saturated carbocycles. The first-order valence-electron chi connectivity index (χ1n) is 13.1. The molecule has 0 radical (unpaired) electrons. The van der Waals surface area contributed by atoms with Gasteiger partial charge < -0.3 is 0 Å². The van der Waals surface area contributed by atoms with Crippen LogP contribution in [0.5, 0.6) is 0 Å². The van der Waals surface area contributed by atoms with Gasteiger partial charge in [0, 0.05) is 33.4 Å². The Morgan fingerprint density at radius 2 is 0.605 bits per heavy atom. The van der Waals surface area contributed by atoms with Crippen LogP contribution in [-0.4, -0.2) is 0 Å². The van der Waals surface area contributed by atoms with Gasteiger partial charge in [-0.05, 0) is 72.8 Å². The van der Waals surface area contributed by atoms with E-state index in [1.807, 2.05) is 133 Å². The van der Waals surface area contributed by atoms with Crippen molar-refractivity contribution < 1.29 is 21.1 Å². The topological polar surface area (TPSA) is 0 Å². The molecule has 6 aromatic rings. The molecule has 0 nitrogen and oxygen atoms in total. The zero-order valence-corrected chi connectivity index (χ0v) is 26.7. The smallest absolute Gasteiger partial charge is 0.287 e. The zero-order valence-electron chi connectivity index (χ0n) is 22.8. The van der Waals surface area contributed by atoms with Gasteiger partial charge in [0.25, 0.3) is 0 Å². The third-order valence-electron chi connectivity index (χ3n) is 5.62. The van der Waals surface area contributed by atoms with E-state index in [4.69, 9.17) is 0 Å². The number of hydrogen-bond donors (Lipinski definition) is 0. The number of thiophene rings is 2. The van der Waals surface area contributed by atoms with Gasteiger partial charge in [-0.15, -0.1) is 22.6 Å². The molecule has 6 rings (SSSR count). The van der Waals surface area contributed by atoms with Crippen LogP contribution in [-0.2, 0) is 21.1 Å². The van der Waals surface area contributed by atoms with Crippen LogP contribution in [0.1, 0.15) is 43.1 Å². The largest absolute Gasteiger partial charge is 2.00 e. The van der Waals surface area contributed by atoms with E-state index in [9.17, 15) is 0 Å². The van der Waals surface area contributed by atoms with Gasteiger partial charge in [0.15, 0.2) is 0 Å². The van der Waals surface area contributed by atoms with Crippen molar-refractivity contribution in [3.05, 3.63) is 187 Å². The van der Waals surface area contributed by atoms with Crippen molar-refractivity contribution in [1.29, 1.82) is 0 Å². The summed E-state index contributed by atoms with van der Waals surface area (Å²) >= 11 is 3.06. The molecule has 4 aromatic carbocycles. The Balaban J connectivity index is 0.000000192. The Morgan fingerprint density at radius 3 is 0.884 bits per heavy atom. The second kappa shape index (κ2) is 17.2. The quantitative estimate of drug-likeness (QED) is 0.107. The molecule has 0 amide bonds. The fourth-order valence-corrected chi connectivity index (χ4v) is 4.49. The first-order chi connectivity index (χ1) is 20.8. The van der Waals surface area contributed by atoms with E-state index in [1.165, 1.54) is 22.7 Å². The van der Waals surface area contributed by atoms with Gasteiger partial charge in [0.1, 0.15) is 0 Å². The first-order valence-corrected chi connectivity index (χ1v) is 14.7. The summed E-state index contributed by atoms with van der Waals surface area (Å²) in [6.07, 6.45) is 0. The van der Waals surface area contributed by atoms with Gasteiger partial charge >= 0.3 is 21.1 Å². The van der Waals surface area contributed by atoms with E-state index >= 15 is 0 Å². The molecule has 2 heterocycles. The Kier molecular flexibility index (Phi) is 12.5. The summed E-state index contributed by atoms with van der Waals surface area (Å²) < 4.78 is 0. The van der Waals surface area contributed by atoms with E-state index in [0.29, 0.717) is 0 Å². The monoisotopic (exact) mass is 761 g/mol. The third kappa shape index (κ3) is 10.8. The molecule has 204 valence electrons. The maximum absolute atomic E-state index is 3.16. The molecule has 0 aliphatic rings. The molecule has 0 spiro atoms. The molecule has 0 N–H and O–H groups in total. The van der Waals surface area contributed by atoms with E-state index in [0.717, 1.165) is 43.1 Å². The van der Waals surface area contributed by atoms with E-state index < -0.39 is 0 Å². The molecule has 0 bridgehead atoms. The van der Waals surface area contributed by atoms with Crippen molar-refractivity contribution in [2.75, 3.05) is 0 Å². The second-order valence-electron chi connectivity index (χ2n) is 8.72. The second-order valence-corrected chi connectivity index (χ2v) is 10.5. The minimum atomic E-state index is 0. The molecule has 3 heteroatoms. The Labute approximate surface area is 276 Å². The van der Waals surface area contributed by atoms with Crippen LogP contribution < -0.4 is 0 Å². The summed E-state index contributed by atoms with van der Waals surface area (Å²) in [6.45, 7) is 0. The maximum atomic E-state index is 3.16. The molecule has 0 atom stereocenters. The van der Waals surface area contributed by atoms with Gasteiger partial charge in [0.05, 0.1) is 0 Å². The van der Waals surface area contributed by atoms with Gasteiger partial charge in [0.2, 0.25) is 0 Å². The first kappa shape index (κ1) is 31.2. The van der Waals surface area contributed by atoms with Crippen LogP contribution in [0, 0.1) is 58.1 Å². The van der Waals surface area contributed by atoms with Crippen molar-refractivity contribution in [3.63, 3.8) is 0 Å². The predicted molar refractivity (Wildman–Crippen MR) is 176 cm³/mol. The van der Waals surface area contributed by atoms with Crippen LogP contribution in [0.25, 0.3) is 0 Å². The minimum absolute atomic E-state index is 0. The summed E-state index contributed by atoms with van der Waals surface area (Å²) in [6, 6.07) is 43.7. The number of benzene rings is 4. The van der Waals surface area contributed by atoms with Crippen LogP contribution >= 0.6 is 22.7 Å². The molecule has 43 heavy (non-hydrogen) atoms. The summed E-state index contributed by atoms with van der Waals surface area (Å²) in [5.41, 5.74) is 6.02. The molecule has 0 fully saturated rings. The molecular weight excluding hydrogens is 740 g/mol. The van der Waals surface area contributed by atoms with E-state index in [-0.39, 0.29) is 21.1 Å². The van der Waals surface area contributed by atoms with Crippen LogP contribution in [0.15, 0.2) is 133 Å². The summed E-state index contributed by atoms with van der Waals surface area (Å²) in [4.78, 5) is 2.06. The average Bonchev–Trinajstić information content (AvgIpc) is 3.78. The van der Waals surface area contributed by atoms with Crippen molar-refractivity contribution in [3.8, 4) is 47.4 Å². The fourth-order valence-electron chi connectivity index (χ4n) is 3.49. The molecule has 0 unspecified atom stereocenters. The SMILES string of the molecule is C(#Cc1ccc(C#Cc2cc[c-]s2)cc1)c1ccccc1.C(#Cc1ccc(C#Cc2cc[c-]s2)cc1)c1ccccc1.[Pt+2]. The van der Waals surface area contributed by atoms with Gasteiger partial charge in [-0.1, -0.05) is 81.7 Å². The van der Waals surface area contributed by atoms with Crippen molar-refractivity contribution in [2.45, 2.75) is 0 Å². The molecule has 2 aromatic heterocycles. The predicted octanol–water partition coefficient (Wildman–Crippen LogP) is 8.69. The summed E-state index contributed by atoms with van der Waals surface area (Å²) in [5.74, 6) is 25.1. The Bertz CT molecular complexity index is 1790. The maximum Gasteiger partial charge on any atom is 2.00 e. The molecule has 0 aliphatic carbocycles. The van der Waals surface area contributed by atoms with Crippen LogP contribution in [0.4, 0.5) is 0 Å². The van der Waals surface area contributed by atoms with Crippen LogP contribution in [0.2, 0.25) is 0 Å².